The third kappa shape index (κ3) is 4.26. The van der Waals surface area contributed by atoms with Crippen LogP contribution in [-0.4, -0.2) is 38.1 Å². The van der Waals surface area contributed by atoms with Crippen LogP contribution < -0.4 is 0 Å². The summed E-state index contributed by atoms with van der Waals surface area (Å²) in [6.45, 7) is -0.348. The van der Waals surface area contributed by atoms with E-state index in [0.717, 1.165) is 17.0 Å². The number of nitrogens with zero attached hydrogens (tertiary/aromatic N) is 4. The number of halogens is 1. The zero-order chi connectivity index (χ0) is 22.6. The zero-order valence-electron chi connectivity index (χ0n) is 15.3. The van der Waals surface area contributed by atoms with Crippen LogP contribution in [0.15, 0.2) is 35.9 Å². The van der Waals surface area contributed by atoms with Crippen molar-refractivity contribution in [3.05, 3.63) is 68.5 Å². The lowest BCUT2D eigenvalue weighted by Gasteiger charge is -2.18. The summed E-state index contributed by atoms with van der Waals surface area (Å²) in [6, 6.07) is 8.21. The third-order valence-electron chi connectivity index (χ3n) is 4.03. The van der Waals surface area contributed by atoms with Crippen LogP contribution in [0, 0.1) is 38.6 Å². The quantitative estimate of drug-likeness (QED) is 0.168. The number of hydrogen-bond donors (Lipinski definition) is 3. The minimum Gasteiger partial charge on any atom is -0.506 e. The zero-order valence-corrected chi connectivity index (χ0v) is 15.3. The van der Waals surface area contributed by atoms with Gasteiger partial charge in [-0.1, -0.05) is 0 Å². The predicted molar refractivity (Wildman–Crippen MR) is 99.2 cm³/mol. The van der Waals surface area contributed by atoms with Crippen LogP contribution in [0.25, 0.3) is 5.76 Å². The molecule has 2 aromatic rings. The first-order valence-corrected chi connectivity index (χ1v) is 8.08. The SMILES string of the molecule is CN(Cc1cc(C#N)ccc1F)C(=O)/C(C#N)=C(\O)c1cc(O)c(O)c([N+](=O)[O-])c1. The molecule has 0 heterocycles. The Morgan fingerprint density at radius 3 is 2.50 bits per heavy atom. The third-order valence-corrected chi connectivity index (χ3v) is 4.03. The van der Waals surface area contributed by atoms with Crippen molar-refractivity contribution in [2.24, 2.45) is 0 Å². The summed E-state index contributed by atoms with van der Waals surface area (Å²) in [5, 5.41) is 58.6. The molecule has 0 aliphatic heterocycles. The smallest absolute Gasteiger partial charge is 0.315 e. The molecule has 0 spiro atoms. The highest BCUT2D eigenvalue weighted by atomic mass is 19.1. The molecule has 1 amide bonds. The second-order valence-corrected chi connectivity index (χ2v) is 6.03. The van der Waals surface area contributed by atoms with Gasteiger partial charge >= 0.3 is 5.69 Å². The summed E-state index contributed by atoms with van der Waals surface area (Å²) in [7, 11) is 1.21. The molecule has 0 radical (unpaired) electrons. The molecule has 0 fully saturated rings. The van der Waals surface area contributed by atoms with E-state index in [4.69, 9.17) is 5.26 Å². The van der Waals surface area contributed by atoms with Crippen molar-refractivity contribution in [3.63, 3.8) is 0 Å². The molecular formula is C19H13FN4O6. The number of carbonyl (C=O) groups is 1. The monoisotopic (exact) mass is 412 g/mol. The van der Waals surface area contributed by atoms with Crippen molar-refractivity contribution < 1.29 is 29.4 Å². The van der Waals surface area contributed by atoms with Crippen molar-refractivity contribution in [2.45, 2.75) is 6.54 Å². The Balaban J connectivity index is 2.44. The molecule has 0 aromatic heterocycles. The number of carbonyl (C=O) groups excluding carboxylic acids is 1. The maximum atomic E-state index is 13.9. The Labute approximate surface area is 168 Å². The number of hydrogen-bond acceptors (Lipinski definition) is 8. The average molecular weight is 412 g/mol. The van der Waals surface area contributed by atoms with Crippen molar-refractivity contribution in [1.29, 1.82) is 10.5 Å². The first-order valence-electron chi connectivity index (χ1n) is 8.08. The van der Waals surface area contributed by atoms with Crippen LogP contribution in [0.3, 0.4) is 0 Å². The molecule has 0 aliphatic rings. The van der Waals surface area contributed by atoms with E-state index in [1.54, 1.807) is 0 Å². The second kappa shape index (κ2) is 8.58. The highest BCUT2D eigenvalue weighted by molar-refractivity contribution is 6.03. The van der Waals surface area contributed by atoms with E-state index in [2.05, 4.69) is 0 Å². The highest BCUT2D eigenvalue weighted by Crippen LogP contribution is 2.38. The van der Waals surface area contributed by atoms with Gasteiger partial charge in [-0.25, -0.2) is 4.39 Å². The van der Waals surface area contributed by atoms with Gasteiger partial charge in [0.15, 0.2) is 11.3 Å². The van der Waals surface area contributed by atoms with E-state index >= 15 is 0 Å². The van der Waals surface area contributed by atoms with Crippen molar-refractivity contribution in [2.75, 3.05) is 7.05 Å². The summed E-state index contributed by atoms with van der Waals surface area (Å²) < 4.78 is 13.9. The molecule has 3 N–H and O–H groups in total. The first-order chi connectivity index (χ1) is 14.1. The number of aliphatic hydroxyl groups excluding tert-OH is 1. The van der Waals surface area contributed by atoms with Gasteiger partial charge in [0.25, 0.3) is 5.91 Å². The van der Waals surface area contributed by atoms with E-state index in [1.165, 1.54) is 25.2 Å². The van der Waals surface area contributed by atoms with Gasteiger partial charge in [0.05, 0.1) is 16.6 Å². The van der Waals surface area contributed by atoms with Crippen LogP contribution in [0.5, 0.6) is 11.5 Å². The molecule has 10 nitrogen and oxygen atoms in total. The summed E-state index contributed by atoms with van der Waals surface area (Å²) in [5.74, 6) is -4.73. The number of nitro groups is 1. The maximum Gasteiger partial charge on any atom is 0.315 e. The molecule has 0 atom stereocenters. The summed E-state index contributed by atoms with van der Waals surface area (Å²) in [6.07, 6.45) is 0. The number of rotatable bonds is 5. The van der Waals surface area contributed by atoms with Gasteiger partial charge in [-0.05, 0) is 24.3 Å². The van der Waals surface area contributed by atoms with Gasteiger partial charge in [0.1, 0.15) is 17.6 Å². The lowest BCUT2D eigenvalue weighted by molar-refractivity contribution is -0.386. The molecule has 0 bridgehead atoms. The number of nitriles is 2. The molecule has 2 rings (SSSR count). The van der Waals surface area contributed by atoms with Crippen LogP contribution in [0.4, 0.5) is 10.1 Å². The van der Waals surface area contributed by atoms with Crippen LogP contribution in [-0.2, 0) is 11.3 Å². The van der Waals surface area contributed by atoms with Gasteiger partial charge in [0, 0.05) is 30.8 Å². The number of phenolic OH excluding ortho intramolecular Hbond substituents is 2. The number of benzene rings is 2. The van der Waals surface area contributed by atoms with Gasteiger partial charge in [-0.15, -0.1) is 0 Å². The molecule has 152 valence electrons. The van der Waals surface area contributed by atoms with Crippen LogP contribution in [0.2, 0.25) is 0 Å². The Morgan fingerprint density at radius 2 is 1.93 bits per heavy atom. The first kappa shape index (κ1) is 21.7. The van der Waals surface area contributed by atoms with E-state index in [-0.39, 0.29) is 17.7 Å². The van der Waals surface area contributed by atoms with E-state index < -0.39 is 50.7 Å². The van der Waals surface area contributed by atoms with E-state index in [0.29, 0.717) is 6.07 Å². The Hall–Kier alpha value is -4.64. The largest absolute Gasteiger partial charge is 0.506 e. The summed E-state index contributed by atoms with van der Waals surface area (Å²) in [4.78, 5) is 23.4. The Morgan fingerprint density at radius 1 is 1.27 bits per heavy atom. The fourth-order valence-electron chi connectivity index (χ4n) is 2.51. The second-order valence-electron chi connectivity index (χ2n) is 6.03. The van der Waals surface area contributed by atoms with E-state index in [9.17, 15) is 39.9 Å². The molecule has 0 unspecified atom stereocenters. The van der Waals surface area contributed by atoms with Crippen molar-refractivity contribution in [3.8, 4) is 23.6 Å². The van der Waals surface area contributed by atoms with Crippen molar-refractivity contribution in [1.82, 2.24) is 4.90 Å². The van der Waals surface area contributed by atoms with Crippen molar-refractivity contribution >= 4 is 17.4 Å². The molecule has 0 aliphatic carbocycles. The highest BCUT2D eigenvalue weighted by Gasteiger charge is 2.25. The van der Waals surface area contributed by atoms with Gasteiger partial charge < -0.3 is 20.2 Å². The Kier molecular flexibility index (Phi) is 6.19. The van der Waals surface area contributed by atoms with Crippen LogP contribution >= 0.6 is 0 Å². The van der Waals surface area contributed by atoms with Gasteiger partial charge in [-0.2, -0.15) is 10.5 Å². The van der Waals surface area contributed by atoms with Gasteiger partial charge in [0.2, 0.25) is 5.75 Å². The topological polar surface area (TPSA) is 172 Å². The minimum absolute atomic E-state index is 0.0143. The number of amides is 1. The molecular weight excluding hydrogens is 399 g/mol. The Bertz CT molecular complexity index is 1160. The fourth-order valence-corrected chi connectivity index (χ4v) is 2.51. The lowest BCUT2D eigenvalue weighted by atomic mass is 10.1. The average Bonchev–Trinajstić information content (AvgIpc) is 2.71. The maximum absolute atomic E-state index is 13.9. The van der Waals surface area contributed by atoms with Gasteiger partial charge in [-0.3, -0.25) is 14.9 Å². The predicted octanol–water partition coefficient (Wildman–Crippen LogP) is 2.47. The molecule has 30 heavy (non-hydrogen) atoms. The molecule has 0 saturated heterocycles. The molecule has 2 aromatic carbocycles. The molecule has 0 saturated carbocycles. The summed E-state index contributed by atoms with van der Waals surface area (Å²) in [5.41, 5.74) is -2.12. The fraction of sp³-hybridized carbons (Fsp3) is 0.105. The van der Waals surface area contributed by atoms with E-state index in [1.807, 2.05) is 6.07 Å². The number of likely N-dealkylation sites (N-methyl/N-ethyl adjacent to an activating group) is 1. The minimum atomic E-state index is -1.05. The molecule has 11 heteroatoms. The van der Waals surface area contributed by atoms with Crippen LogP contribution in [0.1, 0.15) is 16.7 Å². The normalized spacial score (nSPS) is 11.1. The lowest BCUT2D eigenvalue weighted by Crippen LogP contribution is -2.28. The number of phenols is 2. The standard InChI is InChI=1S/C19H13FN4O6/c1-23(9-12-4-10(7-21)2-3-14(12)20)19(28)13(8-22)17(26)11-5-15(24(29)30)18(27)16(25)6-11/h2-6,25-27H,9H2,1H3/b17-13-. The summed E-state index contributed by atoms with van der Waals surface area (Å²) >= 11 is 0. The number of nitro benzene ring substituents is 1. The number of aromatic hydroxyl groups is 2. The number of aliphatic hydroxyl groups is 1.